The first kappa shape index (κ1) is 14.9. The topological polar surface area (TPSA) is 51.0 Å². The lowest BCUT2D eigenvalue weighted by molar-refractivity contribution is -0.0328. The van der Waals surface area contributed by atoms with Crippen molar-refractivity contribution in [3.63, 3.8) is 0 Å². The van der Waals surface area contributed by atoms with Crippen LogP contribution in [0, 0.1) is 0 Å². The predicted molar refractivity (Wildman–Crippen MR) is 68.1 cm³/mol. The van der Waals surface area contributed by atoms with E-state index in [4.69, 9.17) is 0 Å². The van der Waals surface area contributed by atoms with Crippen molar-refractivity contribution < 1.29 is 17.7 Å². The van der Waals surface area contributed by atoms with Gasteiger partial charge in [0.2, 0.25) is 6.39 Å². The van der Waals surface area contributed by atoms with Crippen molar-refractivity contribution in [3.05, 3.63) is 42.0 Å². The fourth-order valence-electron chi connectivity index (χ4n) is 1.54. The van der Waals surface area contributed by atoms with Gasteiger partial charge in [0.15, 0.2) is 5.82 Å². The number of benzene rings is 1. The molecule has 0 saturated carbocycles. The van der Waals surface area contributed by atoms with Crippen LogP contribution >= 0.6 is 11.8 Å². The molecule has 0 atom stereocenters. The molecule has 1 heterocycles. The monoisotopic (exact) mass is 303 g/mol. The minimum Gasteiger partial charge on any atom is -0.343 e. The highest BCUT2D eigenvalue weighted by atomic mass is 32.2. The Morgan fingerprint density at radius 2 is 1.95 bits per heavy atom. The molecule has 0 radical (unpaired) electrons. The molecule has 1 aromatic heterocycles. The highest BCUT2D eigenvalue weighted by Crippen LogP contribution is 2.36. The Labute approximate surface area is 117 Å². The van der Waals surface area contributed by atoms with Crippen LogP contribution in [0.1, 0.15) is 11.4 Å². The zero-order valence-corrected chi connectivity index (χ0v) is 11.2. The van der Waals surface area contributed by atoms with Crippen molar-refractivity contribution in [2.24, 2.45) is 0 Å². The molecule has 0 aliphatic carbocycles. The second-order valence-electron chi connectivity index (χ2n) is 3.97. The van der Waals surface area contributed by atoms with Crippen molar-refractivity contribution in [1.29, 1.82) is 0 Å². The van der Waals surface area contributed by atoms with Gasteiger partial charge in [-0.2, -0.15) is 18.2 Å². The molecule has 0 unspecified atom stereocenters. The lowest BCUT2D eigenvalue weighted by Gasteiger charge is -2.07. The van der Waals surface area contributed by atoms with Crippen LogP contribution in [-0.2, 0) is 13.0 Å². The van der Waals surface area contributed by atoms with Crippen molar-refractivity contribution in [2.45, 2.75) is 23.4 Å². The van der Waals surface area contributed by atoms with E-state index in [1.165, 1.54) is 18.5 Å². The largest absolute Gasteiger partial charge is 0.446 e. The van der Waals surface area contributed by atoms with Crippen molar-refractivity contribution >= 4 is 11.8 Å². The molecule has 20 heavy (non-hydrogen) atoms. The van der Waals surface area contributed by atoms with Crippen LogP contribution in [0.15, 0.2) is 40.1 Å². The maximum absolute atomic E-state index is 12.2. The first-order valence-electron chi connectivity index (χ1n) is 5.83. The average molecular weight is 303 g/mol. The van der Waals surface area contributed by atoms with Gasteiger partial charge in [-0.15, -0.1) is 0 Å². The molecule has 0 bridgehead atoms. The molecule has 0 aliphatic heterocycles. The van der Waals surface area contributed by atoms with Gasteiger partial charge in [0.25, 0.3) is 0 Å². The molecule has 1 aromatic carbocycles. The average Bonchev–Trinajstić information content (AvgIpc) is 2.88. The fraction of sp³-hybridized carbons (Fsp3) is 0.333. The summed E-state index contributed by atoms with van der Waals surface area (Å²) >= 11 is -0.111. The standard InChI is InChI=1S/C12H12F3N3OS/c13-12(14,15)20-10-3-1-9(2-4-10)7-16-6-5-11-17-8-19-18-11/h1-4,8,16H,5-7H2. The third-order valence-electron chi connectivity index (χ3n) is 2.42. The maximum Gasteiger partial charge on any atom is 0.446 e. The van der Waals surface area contributed by atoms with Gasteiger partial charge in [-0.25, -0.2) is 0 Å². The minimum absolute atomic E-state index is 0.111. The molecule has 0 amide bonds. The molecule has 0 fully saturated rings. The molecule has 0 saturated heterocycles. The summed E-state index contributed by atoms with van der Waals surface area (Å²) in [5.41, 5.74) is -3.32. The Kier molecular flexibility index (Phi) is 5.02. The summed E-state index contributed by atoms with van der Waals surface area (Å²) < 4.78 is 41.1. The van der Waals surface area contributed by atoms with E-state index < -0.39 is 5.51 Å². The van der Waals surface area contributed by atoms with Crippen LogP contribution in [-0.4, -0.2) is 22.2 Å². The smallest absolute Gasteiger partial charge is 0.343 e. The van der Waals surface area contributed by atoms with E-state index in [9.17, 15) is 13.2 Å². The third kappa shape index (κ3) is 5.22. The van der Waals surface area contributed by atoms with Crippen LogP contribution in [0.2, 0.25) is 0 Å². The predicted octanol–water partition coefficient (Wildman–Crippen LogP) is 3.01. The van der Waals surface area contributed by atoms with Crippen LogP contribution in [0.5, 0.6) is 0 Å². The van der Waals surface area contributed by atoms with Crippen LogP contribution in [0.4, 0.5) is 13.2 Å². The molecular weight excluding hydrogens is 291 g/mol. The van der Waals surface area contributed by atoms with Gasteiger partial charge in [-0.3, -0.25) is 0 Å². The lowest BCUT2D eigenvalue weighted by atomic mass is 10.2. The molecule has 2 aromatic rings. The van der Waals surface area contributed by atoms with Crippen LogP contribution in [0.3, 0.4) is 0 Å². The lowest BCUT2D eigenvalue weighted by Crippen LogP contribution is -2.17. The first-order chi connectivity index (χ1) is 9.53. The molecule has 4 nitrogen and oxygen atoms in total. The summed E-state index contributed by atoms with van der Waals surface area (Å²) in [7, 11) is 0. The fourth-order valence-corrected chi connectivity index (χ4v) is 2.08. The highest BCUT2D eigenvalue weighted by molar-refractivity contribution is 8.00. The van der Waals surface area contributed by atoms with Gasteiger partial charge < -0.3 is 9.84 Å². The second kappa shape index (κ2) is 6.76. The summed E-state index contributed by atoms with van der Waals surface area (Å²) in [6.45, 7) is 1.24. The SMILES string of the molecule is FC(F)(F)Sc1ccc(CNCCc2ncon2)cc1. The van der Waals surface area contributed by atoms with E-state index in [1.807, 2.05) is 0 Å². The normalized spacial score (nSPS) is 11.8. The summed E-state index contributed by atoms with van der Waals surface area (Å²) in [5.74, 6) is 0.620. The van der Waals surface area contributed by atoms with E-state index in [0.717, 1.165) is 5.56 Å². The molecular formula is C12H12F3N3OS. The summed E-state index contributed by atoms with van der Waals surface area (Å²) in [6.07, 6.45) is 1.91. The Morgan fingerprint density at radius 3 is 2.55 bits per heavy atom. The summed E-state index contributed by atoms with van der Waals surface area (Å²) in [6, 6.07) is 6.29. The maximum atomic E-state index is 12.2. The van der Waals surface area contributed by atoms with E-state index >= 15 is 0 Å². The molecule has 0 spiro atoms. The van der Waals surface area contributed by atoms with Crippen molar-refractivity contribution in [3.8, 4) is 0 Å². The summed E-state index contributed by atoms with van der Waals surface area (Å²) in [5, 5.41) is 6.83. The number of hydrogen-bond donors (Lipinski definition) is 1. The van der Waals surface area contributed by atoms with E-state index in [0.29, 0.717) is 25.3 Å². The molecule has 8 heteroatoms. The Bertz CT molecular complexity index is 514. The Morgan fingerprint density at radius 1 is 1.20 bits per heavy atom. The van der Waals surface area contributed by atoms with Gasteiger partial charge in [0, 0.05) is 24.4 Å². The van der Waals surface area contributed by atoms with E-state index in [2.05, 4.69) is 20.0 Å². The van der Waals surface area contributed by atoms with Crippen LogP contribution < -0.4 is 5.32 Å². The quantitative estimate of drug-likeness (QED) is 0.656. The number of hydrogen-bond acceptors (Lipinski definition) is 5. The highest BCUT2D eigenvalue weighted by Gasteiger charge is 2.28. The van der Waals surface area contributed by atoms with Gasteiger partial charge in [-0.1, -0.05) is 17.3 Å². The number of nitrogens with one attached hydrogen (secondary N) is 1. The van der Waals surface area contributed by atoms with Gasteiger partial charge in [0.05, 0.1) is 0 Å². The minimum atomic E-state index is -4.25. The Balaban J connectivity index is 1.73. The van der Waals surface area contributed by atoms with Crippen molar-refractivity contribution in [1.82, 2.24) is 15.5 Å². The van der Waals surface area contributed by atoms with Crippen molar-refractivity contribution in [2.75, 3.05) is 6.54 Å². The number of aromatic nitrogens is 2. The number of nitrogens with zero attached hydrogens (tertiary/aromatic N) is 2. The first-order valence-corrected chi connectivity index (χ1v) is 6.65. The summed E-state index contributed by atoms with van der Waals surface area (Å²) in [4.78, 5) is 4.07. The van der Waals surface area contributed by atoms with Gasteiger partial charge >= 0.3 is 5.51 Å². The van der Waals surface area contributed by atoms with E-state index in [-0.39, 0.29) is 16.7 Å². The molecule has 0 aliphatic rings. The molecule has 1 N–H and O–H groups in total. The number of alkyl halides is 3. The molecule has 2 rings (SSSR count). The zero-order valence-electron chi connectivity index (χ0n) is 10.4. The number of halogens is 3. The third-order valence-corrected chi connectivity index (χ3v) is 3.16. The number of rotatable bonds is 6. The number of thioether (sulfide) groups is 1. The van der Waals surface area contributed by atoms with Crippen LogP contribution in [0.25, 0.3) is 0 Å². The Hall–Kier alpha value is -1.54. The van der Waals surface area contributed by atoms with Gasteiger partial charge in [-0.05, 0) is 29.5 Å². The molecule has 108 valence electrons. The zero-order chi connectivity index (χ0) is 14.4. The second-order valence-corrected chi connectivity index (χ2v) is 5.10. The van der Waals surface area contributed by atoms with E-state index in [1.54, 1.807) is 12.1 Å². The van der Waals surface area contributed by atoms with Gasteiger partial charge in [0.1, 0.15) is 0 Å².